The van der Waals surface area contributed by atoms with Crippen LogP contribution in [-0.2, 0) is 11.8 Å². The second-order valence-electron chi connectivity index (χ2n) is 9.06. The molecule has 0 radical (unpaired) electrons. The number of nitrogens with zero attached hydrogens (tertiary/aromatic N) is 9. The van der Waals surface area contributed by atoms with Gasteiger partial charge in [-0.1, -0.05) is 6.07 Å². The molecule has 0 aliphatic carbocycles. The number of aryl methyl sites for hydroxylation is 2. The van der Waals surface area contributed by atoms with Gasteiger partial charge in [-0.15, -0.1) is 5.10 Å². The summed E-state index contributed by atoms with van der Waals surface area (Å²) in [5.41, 5.74) is 0.886. The molecule has 0 unspecified atom stereocenters. The van der Waals surface area contributed by atoms with Gasteiger partial charge in [0.2, 0.25) is 5.91 Å². The van der Waals surface area contributed by atoms with Crippen LogP contribution in [0.5, 0.6) is 0 Å². The molecule has 5 heterocycles. The Kier molecular flexibility index (Phi) is 5.70. The zero-order chi connectivity index (χ0) is 23.9. The molecule has 1 N–H and O–H groups in total. The number of carbonyl (C=O) groups is 1. The summed E-state index contributed by atoms with van der Waals surface area (Å²) in [5.74, 6) is 1.20. The molecule has 34 heavy (non-hydrogen) atoms. The highest BCUT2D eigenvalue weighted by molar-refractivity contribution is 5.99. The molecule has 0 aromatic carbocycles. The molecule has 0 bridgehead atoms. The van der Waals surface area contributed by atoms with Gasteiger partial charge in [-0.2, -0.15) is 9.78 Å². The number of rotatable bonds is 5. The third-order valence-corrected chi connectivity index (χ3v) is 7.03. The monoisotopic (exact) mass is 465 g/mol. The Morgan fingerprint density at radius 2 is 1.79 bits per heavy atom. The van der Waals surface area contributed by atoms with E-state index in [0.717, 1.165) is 43.6 Å². The van der Waals surface area contributed by atoms with E-state index in [1.54, 1.807) is 24.1 Å². The Morgan fingerprint density at radius 3 is 2.47 bits per heavy atom. The smallest absolute Gasteiger partial charge is 0.266 e. The number of pyridine rings is 1. The summed E-state index contributed by atoms with van der Waals surface area (Å²) >= 11 is 0. The second-order valence-corrected chi connectivity index (χ2v) is 9.06. The van der Waals surface area contributed by atoms with Crippen molar-refractivity contribution in [3.8, 4) is 5.82 Å². The van der Waals surface area contributed by atoms with E-state index in [-0.39, 0.29) is 11.5 Å². The number of aliphatic hydroxyl groups is 1. The summed E-state index contributed by atoms with van der Waals surface area (Å²) in [5, 5.41) is 26.2. The summed E-state index contributed by atoms with van der Waals surface area (Å²) in [6, 6.07) is 6.70. The molecule has 2 saturated heterocycles. The van der Waals surface area contributed by atoms with E-state index in [0.29, 0.717) is 24.7 Å². The normalized spacial score (nSPS) is 19.1. The average Bonchev–Trinajstić information content (AvgIpc) is 3.47. The third kappa shape index (κ3) is 3.99. The van der Waals surface area contributed by atoms with E-state index in [1.807, 2.05) is 13.0 Å². The summed E-state index contributed by atoms with van der Waals surface area (Å²) in [6.07, 6.45) is 3.03. The molecule has 2 aliphatic rings. The first kappa shape index (κ1) is 22.3. The second kappa shape index (κ2) is 8.69. The summed E-state index contributed by atoms with van der Waals surface area (Å²) in [4.78, 5) is 33.4. The minimum atomic E-state index is -0.685. The zero-order valence-corrected chi connectivity index (χ0v) is 19.2. The number of anilines is 1. The van der Waals surface area contributed by atoms with Crippen LogP contribution in [0.25, 0.3) is 5.82 Å². The van der Waals surface area contributed by atoms with E-state index in [9.17, 15) is 14.7 Å². The number of tetrazole rings is 1. The van der Waals surface area contributed by atoms with Crippen molar-refractivity contribution in [1.29, 1.82) is 0 Å². The molecule has 0 saturated carbocycles. The Labute approximate surface area is 195 Å². The van der Waals surface area contributed by atoms with Gasteiger partial charge in [-0.3, -0.25) is 14.5 Å². The van der Waals surface area contributed by atoms with E-state index >= 15 is 0 Å². The van der Waals surface area contributed by atoms with Gasteiger partial charge >= 0.3 is 0 Å². The molecule has 3 aromatic heterocycles. The van der Waals surface area contributed by atoms with Crippen molar-refractivity contribution in [3.05, 3.63) is 52.2 Å². The Balaban J connectivity index is 1.21. The molecular formula is C22H27N9O3. The molecule has 5 rings (SSSR count). The van der Waals surface area contributed by atoms with Crippen LogP contribution >= 0.6 is 0 Å². The molecule has 2 fully saturated rings. The van der Waals surface area contributed by atoms with Crippen LogP contribution in [-0.4, -0.2) is 77.1 Å². The van der Waals surface area contributed by atoms with Crippen LogP contribution in [0.4, 0.5) is 5.82 Å². The predicted molar refractivity (Wildman–Crippen MR) is 121 cm³/mol. The van der Waals surface area contributed by atoms with Gasteiger partial charge in [-0.25, -0.2) is 9.67 Å². The van der Waals surface area contributed by atoms with Gasteiger partial charge in [0.25, 0.3) is 5.56 Å². The number of β-amino-alcohol motifs (C(OH)–C–C–N with tert-alkyl or cyclic N) is 1. The highest BCUT2D eigenvalue weighted by Crippen LogP contribution is 2.42. The van der Waals surface area contributed by atoms with Crippen molar-refractivity contribution in [3.63, 3.8) is 0 Å². The topological polar surface area (TPSA) is 135 Å². The first-order valence-corrected chi connectivity index (χ1v) is 11.3. The van der Waals surface area contributed by atoms with Crippen LogP contribution in [0.1, 0.15) is 36.6 Å². The number of aliphatic hydroxyl groups excluding tert-OH is 1. The number of amides is 1. The fourth-order valence-corrected chi connectivity index (χ4v) is 4.95. The van der Waals surface area contributed by atoms with Gasteiger partial charge in [-0.05, 0) is 61.8 Å². The van der Waals surface area contributed by atoms with Crippen molar-refractivity contribution < 1.29 is 9.90 Å². The highest BCUT2D eigenvalue weighted by Gasteiger charge is 2.49. The molecule has 3 aromatic rings. The predicted octanol–water partition coefficient (Wildman–Crippen LogP) is 0.0119. The fraction of sp³-hybridized carbons (Fsp3) is 0.500. The molecule has 1 amide bonds. The lowest BCUT2D eigenvalue weighted by Gasteiger charge is -2.38. The maximum atomic E-state index is 13.3. The van der Waals surface area contributed by atoms with Gasteiger partial charge < -0.3 is 10.0 Å². The summed E-state index contributed by atoms with van der Waals surface area (Å²) < 4.78 is 2.73. The van der Waals surface area contributed by atoms with Crippen LogP contribution < -0.4 is 10.5 Å². The molecular weight excluding hydrogens is 438 g/mol. The van der Waals surface area contributed by atoms with Crippen LogP contribution in [0.3, 0.4) is 0 Å². The average molecular weight is 466 g/mol. The Bertz CT molecular complexity index is 1250. The molecule has 12 nitrogen and oxygen atoms in total. The number of aromatic nitrogens is 7. The first-order valence-electron chi connectivity index (χ1n) is 11.3. The minimum Gasteiger partial charge on any atom is -0.387 e. The fourth-order valence-electron chi connectivity index (χ4n) is 4.95. The lowest BCUT2D eigenvalue weighted by atomic mass is 9.77. The minimum absolute atomic E-state index is 0.0806. The van der Waals surface area contributed by atoms with Crippen molar-refractivity contribution in [2.45, 2.75) is 32.3 Å². The Morgan fingerprint density at radius 1 is 1.06 bits per heavy atom. The van der Waals surface area contributed by atoms with E-state index < -0.39 is 11.5 Å². The Hall–Kier alpha value is -3.51. The maximum Gasteiger partial charge on any atom is 0.266 e. The van der Waals surface area contributed by atoms with Gasteiger partial charge in [0, 0.05) is 37.5 Å². The highest BCUT2D eigenvalue weighted by atomic mass is 16.3. The first-order chi connectivity index (χ1) is 16.4. The third-order valence-electron chi connectivity index (χ3n) is 7.03. The maximum absolute atomic E-state index is 13.3. The number of hydrogen-bond donors (Lipinski definition) is 1. The van der Waals surface area contributed by atoms with Crippen LogP contribution in [0.2, 0.25) is 0 Å². The standard InChI is InChI=1S/C22H27N9O3/c1-15-16(3-4-18(24-15)31-14-23-26-27-31)17(32)13-29-10-7-22(8-11-29)9-12-30(21(22)34)19-5-6-20(33)28(2)25-19/h3-6,14,17,32H,7-13H2,1-2H3/t17-/m0/s1. The molecule has 1 atom stereocenters. The van der Waals surface area contributed by atoms with Crippen molar-refractivity contribution in [1.82, 2.24) is 39.9 Å². The van der Waals surface area contributed by atoms with E-state index in [1.165, 1.54) is 21.8 Å². The van der Waals surface area contributed by atoms with Crippen LogP contribution in [0.15, 0.2) is 35.4 Å². The van der Waals surface area contributed by atoms with Gasteiger partial charge in [0.15, 0.2) is 11.6 Å². The number of piperidine rings is 1. The summed E-state index contributed by atoms with van der Waals surface area (Å²) in [6.45, 7) is 4.39. The number of carbonyl (C=O) groups excluding carboxylic acids is 1. The molecule has 178 valence electrons. The number of likely N-dealkylation sites (tertiary alicyclic amines) is 1. The zero-order valence-electron chi connectivity index (χ0n) is 19.2. The number of hydrogen-bond acceptors (Lipinski definition) is 9. The molecule has 1 spiro atoms. The van der Waals surface area contributed by atoms with Crippen molar-refractivity contribution in [2.75, 3.05) is 31.1 Å². The van der Waals surface area contributed by atoms with Crippen LogP contribution in [0, 0.1) is 12.3 Å². The van der Waals surface area contributed by atoms with Gasteiger partial charge in [0.05, 0.1) is 11.5 Å². The van der Waals surface area contributed by atoms with Crippen molar-refractivity contribution >= 4 is 11.7 Å². The summed E-state index contributed by atoms with van der Waals surface area (Å²) in [7, 11) is 1.59. The molecule has 2 aliphatic heterocycles. The van der Waals surface area contributed by atoms with Gasteiger partial charge in [0.1, 0.15) is 6.33 Å². The SMILES string of the molecule is Cc1nc(-n2cnnn2)ccc1[C@@H](O)CN1CCC2(CC1)CCN(c1ccc(=O)n(C)n1)C2=O. The van der Waals surface area contributed by atoms with E-state index in [2.05, 4.69) is 30.5 Å². The quantitative estimate of drug-likeness (QED) is 0.553. The van der Waals surface area contributed by atoms with E-state index in [4.69, 9.17) is 0 Å². The lowest BCUT2D eigenvalue weighted by molar-refractivity contribution is -0.128. The van der Waals surface area contributed by atoms with Crippen molar-refractivity contribution in [2.24, 2.45) is 12.5 Å². The lowest BCUT2D eigenvalue weighted by Crippen LogP contribution is -2.46. The molecule has 12 heteroatoms. The largest absolute Gasteiger partial charge is 0.387 e.